The van der Waals surface area contributed by atoms with E-state index in [1.165, 1.54) is 6.26 Å². The Bertz CT molecular complexity index is 948. The summed E-state index contributed by atoms with van der Waals surface area (Å²) in [7, 11) is -3.24. The Balaban J connectivity index is 2.17. The lowest BCUT2D eigenvalue weighted by Crippen LogP contribution is -1.96. The third kappa shape index (κ3) is 2.66. The molecule has 21 heavy (non-hydrogen) atoms. The quantitative estimate of drug-likeness (QED) is 0.683. The lowest BCUT2D eigenvalue weighted by Gasteiger charge is -2.02. The second-order valence-electron chi connectivity index (χ2n) is 4.77. The van der Waals surface area contributed by atoms with Gasteiger partial charge < -0.3 is 10.7 Å². The van der Waals surface area contributed by atoms with Crippen molar-refractivity contribution in [2.24, 2.45) is 0 Å². The molecule has 3 aromatic rings. The lowest BCUT2D eigenvalue weighted by molar-refractivity contribution is 0.602. The van der Waals surface area contributed by atoms with Crippen molar-refractivity contribution >= 4 is 42.5 Å². The van der Waals surface area contributed by atoms with Gasteiger partial charge in [-0.2, -0.15) is 0 Å². The van der Waals surface area contributed by atoms with Crippen LogP contribution in [0.15, 0.2) is 45.8 Å². The number of fused-ring (bicyclic) bond motifs is 1. The van der Waals surface area contributed by atoms with Crippen LogP contribution in [-0.4, -0.2) is 24.6 Å². The largest absolute Gasteiger partial charge is 0.398 e. The Labute approximate surface area is 130 Å². The van der Waals surface area contributed by atoms with Gasteiger partial charge in [0, 0.05) is 22.0 Å². The van der Waals surface area contributed by atoms with Crippen LogP contribution in [0.4, 0.5) is 5.69 Å². The Hall–Kier alpha value is -1.86. The molecule has 1 aromatic heterocycles. The minimum atomic E-state index is -3.24. The van der Waals surface area contributed by atoms with E-state index in [-0.39, 0.29) is 4.90 Å². The van der Waals surface area contributed by atoms with Crippen LogP contribution in [0.2, 0.25) is 0 Å². The molecule has 0 aliphatic carbocycles. The molecule has 0 aliphatic heterocycles. The van der Waals surface area contributed by atoms with Crippen molar-refractivity contribution < 1.29 is 8.42 Å². The smallest absolute Gasteiger partial charge is 0.175 e. The molecule has 0 saturated carbocycles. The average molecular weight is 366 g/mol. The zero-order chi connectivity index (χ0) is 15.2. The number of anilines is 1. The molecule has 0 atom stereocenters. The number of rotatable bonds is 2. The van der Waals surface area contributed by atoms with Gasteiger partial charge in [-0.05, 0) is 36.4 Å². The number of nitrogens with one attached hydrogen (secondary N) is 1. The molecule has 3 rings (SSSR count). The Kier molecular flexibility index (Phi) is 3.26. The highest BCUT2D eigenvalue weighted by molar-refractivity contribution is 9.10. The molecule has 0 bridgehead atoms. The average Bonchev–Trinajstić information content (AvgIpc) is 2.79. The summed E-state index contributed by atoms with van der Waals surface area (Å²) in [4.78, 5) is 7.82. The number of halogens is 1. The van der Waals surface area contributed by atoms with Gasteiger partial charge in [0.2, 0.25) is 0 Å². The summed E-state index contributed by atoms with van der Waals surface area (Å²) in [6.07, 6.45) is 1.18. The molecule has 0 unspecified atom stereocenters. The SMILES string of the molecule is CS(=O)(=O)c1ccc2nc(-c3ccc(Br)cc3N)[nH]c2c1. The molecule has 0 saturated heterocycles. The molecule has 0 amide bonds. The number of imidazole rings is 1. The zero-order valence-electron chi connectivity index (χ0n) is 11.1. The summed E-state index contributed by atoms with van der Waals surface area (Å²) in [6, 6.07) is 10.3. The number of hydrogen-bond donors (Lipinski definition) is 2. The number of nitrogens with zero attached hydrogens (tertiary/aromatic N) is 1. The van der Waals surface area contributed by atoms with E-state index in [4.69, 9.17) is 5.73 Å². The fraction of sp³-hybridized carbons (Fsp3) is 0.0714. The summed E-state index contributed by atoms with van der Waals surface area (Å²) in [6.45, 7) is 0. The summed E-state index contributed by atoms with van der Waals surface area (Å²) in [5.41, 5.74) is 8.71. The number of sulfone groups is 1. The van der Waals surface area contributed by atoms with Gasteiger partial charge in [0.05, 0.1) is 15.9 Å². The first-order valence-electron chi connectivity index (χ1n) is 6.10. The molecule has 0 spiro atoms. The van der Waals surface area contributed by atoms with Crippen LogP contribution in [-0.2, 0) is 9.84 Å². The van der Waals surface area contributed by atoms with E-state index >= 15 is 0 Å². The highest BCUT2D eigenvalue weighted by atomic mass is 79.9. The third-order valence-corrected chi connectivity index (χ3v) is 4.75. The first-order valence-corrected chi connectivity index (χ1v) is 8.78. The Morgan fingerprint density at radius 3 is 2.62 bits per heavy atom. The topological polar surface area (TPSA) is 88.8 Å². The molecular weight excluding hydrogens is 354 g/mol. The Morgan fingerprint density at radius 2 is 1.95 bits per heavy atom. The van der Waals surface area contributed by atoms with Crippen LogP contribution >= 0.6 is 15.9 Å². The molecule has 3 N–H and O–H groups in total. The number of aromatic nitrogens is 2. The summed E-state index contributed by atoms with van der Waals surface area (Å²) in [5.74, 6) is 0.612. The predicted molar refractivity (Wildman–Crippen MR) is 86.8 cm³/mol. The van der Waals surface area contributed by atoms with Gasteiger partial charge in [-0.25, -0.2) is 13.4 Å². The zero-order valence-corrected chi connectivity index (χ0v) is 13.5. The van der Waals surface area contributed by atoms with Crippen LogP contribution in [0, 0.1) is 0 Å². The summed E-state index contributed by atoms with van der Waals surface area (Å²) in [5, 5.41) is 0. The number of nitrogen functional groups attached to an aromatic ring is 1. The van der Waals surface area contributed by atoms with Gasteiger partial charge in [-0.3, -0.25) is 0 Å². The van der Waals surface area contributed by atoms with Crippen molar-refractivity contribution in [3.63, 3.8) is 0 Å². The highest BCUT2D eigenvalue weighted by Gasteiger charge is 2.12. The molecule has 0 fully saturated rings. The second kappa shape index (κ2) is 4.85. The van der Waals surface area contributed by atoms with Crippen LogP contribution in [0.3, 0.4) is 0 Å². The van der Waals surface area contributed by atoms with E-state index in [0.717, 1.165) is 10.0 Å². The van der Waals surface area contributed by atoms with Gasteiger partial charge in [0.15, 0.2) is 9.84 Å². The molecule has 0 radical (unpaired) electrons. The van der Waals surface area contributed by atoms with Crippen LogP contribution in [0.5, 0.6) is 0 Å². The van der Waals surface area contributed by atoms with Crippen LogP contribution in [0.1, 0.15) is 0 Å². The maximum absolute atomic E-state index is 11.6. The molecule has 5 nitrogen and oxygen atoms in total. The maximum Gasteiger partial charge on any atom is 0.175 e. The summed E-state index contributed by atoms with van der Waals surface area (Å²) >= 11 is 3.36. The minimum Gasteiger partial charge on any atom is -0.398 e. The number of nitrogens with two attached hydrogens (primary N) is 1. The van der Waals surface area contributed by atoms with E-state index in [9.17, 15) is 8.42 Å². The van der Waals surface area contributed by atoms with Gasteiger partial charge in [0.1, 0.15) is 5.82 Å². The van der Waals surface area contributed by atoms with Crippen LogP contribution < -0.4 is 5.73 Å². The summed E-state index contributed by atoms with van der Waals surface area (Å²) < 4.78 is 24.1. The fourth-order valence-electron chi connectivity index (χ4n) is 2.10. The fourth-order valence-corrected chi connectivity index (χ4v) is 3.12. The van der Waals surface area contributed by atoms with E-state index in [0.29, 0.717) is 22.5 Å². The van der Waals surface area contributed by atoms with Gasteiger partial charge in [0.25, 0.3) is 0 Å². The molecule has 108 valence electrons. The van der Waals surface area contributed by atoms with Gasteiger partial charge in [-0.1, -0.05) is 15.9 Å². The maximum atomic E-state index is 11.6. The number of benzene rings is 2. The third-order valence-electron chi connectivity index (χ3n) is 3.15. The number of H-pyrrole nitrogens is 1. The number of aromatic amines is 1. The normalized spacial score (nSPS) is 11.9. The van der Waals surface area contributed by atoms with Crippen LogP contribution in [0.25, 0.3) is 22.4 Å². The van der Waals surface area contributed by atoms with Crippen molar-refractivity contribution in [2.45, 2.75) is 4.90 Å². The van der Waals surface area contributed by atoms with Crippen molar-refractivity contribution in [2.75, 3.05) is 12.0 Å². The van der Waals surface area contributed by atoms with Gasteiger partial charge >= 0.3 is 0 Å². The van der Waals surface area contributed by atoms with E-state index in [1.807, 2.05) is 12.1 Å². The minimum absolute atomic E-state index is 0.258. The van der Waals surface area contributed by atoms with E-state index < -0.39 is 9.84 Å². The van der Waals surface area contributed by atoms with Gasteiger partial charge in [-0.15, -0.1) is 0 Å². The first kappa shape index (κ1) is 14.1. The lowest BCUT2D eigenvalue weighted by atomic mass is 10.2. The second-order valence-corrected chi connectivity index (χ2v) is 7.70. The monoisotopic (exact) mass is 365 g/mol. The molecule has 1 heterocycles. The number of hydrogen-bond acceptors (Lipinski definition) is 4. The van der Waals surface area contributed by atoms with Crippen molar-refractivity contribution in [3.05, 3.63) is 40.9 Å². The molecule has 0 aliphatic rings. The standard InChI is InChI=1S/C14H12BrN3O2S/c1-21(19,20)9-3-5-12-13(7-9)18-14(17-12)10-4-2-8(15)6-11(10)16/h2-7H,16H2,1H3,(H,17,18). The Morgan fingerprint density at radius 1 is 1.19 bits per heavy atom. The van der Waals surface area contributed by atoms with Crippen molar-refractivity contribution in [3.8, 4) is 11.4 Å². The highest BCUT2D eigenvalue weighted by Crippen LogP contribution is 2.28. The van der Waals surface area contributed by atoms with E-state index in [1.54, 1.807) is 24.3 Å². The van der Waals surface area contributed by atoms with E-state index in [2.05, 4.69) is 25.9 Å². The molecular formula is C14H12BrN3O2S. The van der Waals surface area contributed by atoms with Crippen molar-refractivity contribution in [1.29, 1.82) is 0 Å². The first-order chi connectivity index (χ1) is 9.84. The molecule has 2 aromatic carbocycles. The van der Waals surface area contributed by atoms with Crippen molar-refractivity contribution in [1.82, 2.24) is 9.97 Å². The molecule has 7 heteroatoms. The predicted octanol–water partition coefficient (Wildman–Crippen LogP) is 2.98.